The fourth-order valence-corrected chi connectivity index (χ4v) is 1.79. The topological polar surface area (TPSA) is 119 Å². The number of hydrogen-bond acceptors (Lipinski definition) is 8. The number of carbonyl (C=O) groups is 3. The Kier molecular flexibility index (Phi) is 11.6. The summed E-state index contributed by atoms with van der Waals surface area (Å²) in [6, 6.07) is 0. The highest BCUT2D eigenvalue weighted by molar-refractivity contribution is 5.91. The predicted octanol–water partition coefficient (Wildman–Crippen LogP) is 1.13. The molecule has 8 nitrogen and oxygen atoms in total. The Labute approximate surface area is 146 Å². The number of carbonyl (C=O) groups excluding carboxylic acids is 3. The lowest BCUT2D eigenvalue weighted by atomic mass is 10.0. The molecule has 140 valence electrons. The van der Waals surface area contributed by atoms with E-state index in [1.54, 1.807) is 0 Å². The molecule has 0 aliphatic rings. The van der Waals surface area contributed by atoms with Crippen LogP contribution in [0, 0.1) is 0 Å². The van der Waals surface area contributed by atoms with Crippen molar-refractivity contribution < 1.29 is 38.8 Å². The molecule has 0 heterocycles. The van der Waals surface area contributed by atoms with Crippen molar-refractivity contribution in [1.29, 1.82) is 0 Å². The summed E-state index contributed by atoms with van der Waals surface area (Å²) in [5.74, 6) is -3.51. The van der Waals surface area contributed by atoms with Gasteiger partial charge in [-0.15, -0.1) is 0 Å². The van der Waals surface area contributed by atoms with Gasteiger partial charge in [0.1, 0.15) is 5.57 Å². The van der Waals surface area contributed by atoms with E-state index in [4.69, 9.17) is 14.6 Å². The molecule has 0 aromatic rings. The largest absolute Gasteiger partial charge is 0.465 e. The van der Waals surface area contributed by atoms with Crippen molar-refractivity contribution in [3.63, 3.8) is 0 Å². The standard InChI is InChI=1S/C17H24O8/c1-4-14(20)24-17(25-15(21)5-2)13(16(22)23-3)11-12(19)9-7-6-8-10-18/h4-5,12,18-19H,1-2,6-11H2,3H3. The van der Waals surface area contributed by atoms with Gasteiger partial charge in [0.15, 0.2) is 0 Å². The Morgan fingerprint density at radius 3 is 2.04 bits per heavy atom. The highest BCUT2D eigenvalue weighted by Gasteiger charge is 2.25. The number of unbranched alkanes of at least 4 members (excludes halogenated alkanes) is 2. The number of rotatable bonds is 12. The van der Waals surface area contributed by atoms with E-state index in [-0.39, 0.29) is 18.6 Å². The average Bonchev–Trinajstić information content (AvgIpc) is 2.61. The summed E-state index contributed by atoms with van der Waals surface area (Å²) in [6.07, 6.45) is 2.68. The fourth-order valence-electron chi connectivity index (χ4n) is 1.79. The summed E-state index contributed by atoms with van der Waals surface area (Å²) >= 11 is 0. The van der Waals surface area contributed by atoms with E-state index in [0.29, 0.717) is 25.7 Å². The van der Waals surface area contributed by atoms with Crippen molar-refractivity contribution >= 4 is 17.9 Å². The van der Waals surface area contributed by atoms with Crippen LogP contribution in [-0.4, -0.2) is 47.9 Å². The van der Waals surface area contributed by atoms with Crippen molar-refractivity contribution in [1.82, 2.24) is 0 Å². The van der Waals surface area contributed by atoms with Gasteiger partial charge < -0.3 is 24.4 Å². The Hall–Kier alpha value is -2.45. The molecule has 0 saturated carbocycles. The Bertz CT molecular complexity index is 497. The van der Waals surface area contributed by atoms with Gasteiger partial charge in [-0.3, -0.25) is 0 Å². The lowest BCUT2D eigenvalue weighted by Gasteiger charge is -2.15. The molecule has 0 radical (unpaired) electrons. The Balaban J connectivity index is 5.37. The number of esters is 3. The molecular formula is C17H24O8. The van der Waals surface area contributed by atoms with Crippen LogP contribution in [0.2, 0.25) is 0 Å². The molecule has 1 atom stereocenters. The lowest BCUT2D eigenvalue weighted by Crippen LogP contribution is -2.20. The molecule has 0 fully saturated rings. The molecule has 0 aliphatic carbocycles. The van der Waals surface area contributed by atoms with Crippen LogP contribution in [0.3, 0.4) is 0 Å². The van der Waals surface area contributed by atoms with Crippen LogP contribution in [0.1, 0.15) is 32.1 Å². The first-order valence-corrected chi connectivity index (χ1v) is 7.68. The minimum Gasteiger partial charge on any atom is -0.465 e. The van der Waals surface area contributed by atoms with Crippen molar-refractivity contribution in [3.05, 3.63) is 36.8 Å². The molecule has 0 aromatic heterocycles. The van der Waals surface area contributed by atoms with Gasteiger partial charge in [0.2, 0.25) is 0 Å². The third kappa shape index (κ3) is 9.43. The summed E-state index contributed by atoms with van der Waals surface area (Å²) in [5, 5.41) is 18.8. The van der Waals surface area contributed by atoms with Crippen LogP contribution in [0.15, 0.2) is 36.8 Å². The second-order valence-electron chi connectivity index (χ2n) is 4.94. The van der Waals surface area contributed by atoms with Crippen molar-refractivity contribution in [2.75, 3.05) is 13.7 Å². The third-order valence-electron chi connectivity index (χ3n) is 3.03. The molecule has 1 unspecified atom stereocenters. The number of hydrogen-bond donors (Lipinski definition) is 2. The average molecular weight is 356 g/mol. The SMILES string of the molecule is C=CC(=O)OC(OC(=O)C=C)=C(CC(O)CCCCCO)C(=O)OC. The molecular weight excluding hydrogens is 332 g/mol. The normalized spacial score (nSPS) is 11.0. The number of methoxy groups -OCH3 is 1. The minimum atomic E-state index is -0.965. The van der Waals surface area contributed by atoms with Gasteiger partial charge in [0, 0.05) is 25.2 Å². The maximum absolute atomic E-state index is 11.9. The summed E-state index contributed by atoms with van der Waals surface area (Å²) < 4.78 is 14.2. The first-order chi connectivity index (χ1) is 11.9. The van der Waals surface area contributed by atoms with Crippen molar-refractivity contribution in [2.45, 2.75) is 38.2 Å². The van der Waals surface area contributed by atoms with Crippen LogP contribution in [-0.2, 0) is 28.6 Å². The van der Waals surface area contributed by atoms with Crippen LogP contribution in [0.4, 0.5) is 0 Å². The quantitative estimate of drug-likeness (QED) is 0.231. The van der Waals surface area contributed by atoms with Gasteiger partial charge in [0.05, 0.1) is 13.2 Å². The number of aliphatic hydroxyl groups excluding tert-OH is 2. The van der Waals surface area contributed by atoms with Gasteiger partial charge in [-0.25, -0.2) is 14.4 Å². The minimum absolute atomic E-state index is 0.0581. The van der Waals surface area contributed by atoms with E-state index in [0.717, 1.165) is 19.3 Å². The number of aliphatic hydroxyl groups is 2. The van der Waals surface area contributed by atoms with Crippen molar-refractivity contribution in [2.24, 2.45) is 0 Å². The molecule has 0 spiro atoms. The molecule has 0 aromatic carbocycles. The predicted molar refractivity (Wildman–Crippen MR) is 87.8 cm³/mol. The smallest absolute Gasteiger partial charge is 0.341 e. The Morgan fingerprint density at radius 1 is 1.04 bits per heavy atom. The first kappa shape index (κ1) is 22.6. The second kappa shape index (κ2) is 12.9. The maximum Gasteiger partial charge on any atom is 0.341 e. The number of ether oxygens (including phenoxy) is 3. The highest BCUT2D eigenvalue weighted by Crippen LogP contribution is 2.19. The molecule has 0 bridgehead atoms. The summed E-state index contributed by atoms with van der Waals surface area (Å²) in [5.41, 5.74) is -0.303. The van der Waals surface area contributed by atoms with E-state index in [1.165, 1.54) is 0 Å². The molecule has 8 heteroatoms. The van der Waals surface area contributed by atoms with E-state index in [9.17, 15) is 19.5 Å². The van der Waals surface area contributed by atoms with Gasteiger partial charge in [0.25, 0.3) is 0 Å². The van der Waals surface area contributed by atoms with E-state index >= 15 is 0 Å². The van der Waals surface area contributed by atoms with Crippen LogP contribution >= 0.6 is 0 Å². The second-order valence-corrected chi connectivity index (χ2v) is 4.94. The zero-order valence-corrected chi connectivity index (χ0v) is 14.2. The highest BCUT2D eigenvalue weighted by atomic mass is 16.7. The van der Waals surface area contributed by atoms with Gasteiger partial charge in [-0.05, 0) is 12.8 Å². The summed E-state index contributed by atoms with van der Waals surface area (Å²) in [6.45, 7) is 6.48. The van der Waals surface area contributed by atoms with Crippen LogP contribution in [0.5, 0.6) is 0 Å². The molecule has 0 amide bonds. The molecule has 0 rings (SSSR count). The zero-order valence-electron chi connectivity index (χ0n) is 14.2. The first-order valence-electron chi connectivity index (χ1n) is 7.68. The van der Waals surface area contributed by atoms with Crippen LogP contribution in [0.25, 0.3) is 0 Å². The summed E-state index contributed by atoms with van der Waals surface area (Å²) in [7, 11) is 1.10. The van der Waals surface area contributed by atoms with Crippen LogP contribution < -0.4 is 0 Å². The lowest BCUT2D eigenvalue weighted by molar-refractivity contribution is -0.148. The van der Waals surface area contributed by atoms with Gasteiger partial charge in [-0.1, -0.05) is 26.0 Å². The van der Waals surface area contributed by atoms with Crippen molar-refractivity contribution in [3.8, 4) is 0 Å². The molecule has 2 N–H and O–H groups in total. The summed E-state index contributed by atoms with van der Waals surface area (Å²) in [4.78, 5) is 34.8. The zero-order chi connectivity index (χ0) is 19.2. The van der Waals surface area contributed by atoms with E-state index in [1.807, 2.05) is 0 Å². The van der Waals surface area contributed by atoms with Gasteiger partial charge >= 0.3 is 23.9 Å². The molecule has 0 saturated heterocycles. The Morgan fingerprint density at radius 2 is 1.60 bits per heavy atom. The third-order valence-corrected chi connectivity index (χ3v) is 3.03. The molecule has 25 heavy (non-hydrogen) atoms. The van der Waals surface area contributed by atoms with E-state index < -0.39 is 30.0 Å². The molecule has 0 aliphatic heterocycles. The maximum atomic E-state index is 11.9. The van der Waals surface area contributed by atoms with E-state index in [2.05, 4.69) is 17.9 Å². The fraction of sp³-hybridized carbons (Fsp3) is 0.471. The van der Waals surface area contributed by atoms with Gasteiger partial charge in [-0.2, -0.15) is 0 Å². The monoisotopic (exact) mass is 356 g/mol.